The molecule has 0 fully saturated rings. The molecule has 26 heavy (non-hydrogen) atoms. The third-order valence-electron chi connectivity index (χ3n) is 3.87. The number of carbonyl (C=O) groups is 1. The van der Waals surface area contributed by atoms with Crippen LogP contribution in [0.1, 0.15) is 20.5 Å². The maximum absolute atomic E-state index is 13.8. The van der Waals surface area contributed by atoms with Gasteiger partial charge >= 0.3 is 0 Å². The Morgan fingerprint density at radius 3 is 2.35 bits per heavy atom. The van der Waals surface area contributed by atoms with E-state index in [1.54, 1.807) is 41.8 Å². The number of amides is 1. The van der Waals surface area contributed by atoms with Crippen molar-refractivity contribution in [2.45, 2.75) is 10.1 Å². The third kappa shape index (κ3) is 3.84. The van der Waals surface area contributed by atoms with Gasteiger partial charge in [-0.2, -0.15) is 0 Å². The van der Waals surface area contributed by atoms with Crippen LogP contribution in [0.2, 0.25) is 0 Å². The first-order valence-corrected chi connectivity index (χ1v) is 10.3. The summed E-state index contributed by atoms with van der Waals surface area (Å²) in [5.74, 6) is -1.29. The van der Waals surface area contributed by atoms with Gasteiger partial charge in [-0.1, -0.05) is 36.4 Å². The molecule has 0 bridgehead atoms. The molecule has 0 spiro atoms. The highest BCUT2D eigenvalue weighted by Crippen LogP contribution is 2.31. The average Bonchev–Trinajstić information content (AvgIpc) is 3.17. The molecular weight excluding hydrogens is 373 g/mol. The quantitative estimate of drug-likeness (QED) is 0.697. The lowest BCUT2D eigenvalue weighted by Gasteiger charge is -2.17. The van der Waals surface area contributed by atoms with Gasteiger partial charge in [0.25, 0.3) is 5.91 Å². The van der Waals surface area contributed by atoms with Crippen LogP contribution < -0.4 is 5.32 Å². The molecule has 4 nitrogen and oxygen atoms in total. The Bertz CT molecular complexity index is 987. The lowest BCUT2D eigenvalue weighted by atomic mass is 10.2. The molecule has 2 aromatic carbocycles. The fraction of sp³-hybridized carbons (Fsp3) is 0.105. The van der Waals surface area contributed by atoms with Gasteiger partial charge in [-0.15, -0.1) is 11.3 Å². The van der Waals surface area contributed by atoms with Crippen LogP contribution in [-0.4, -0.2) is 20.9 Å². The van der Waals surface area contributed by atoms with Crippen LogP contribution >= 0.6 is 11.3 Å². The van der Waals surface area contributed by atoms with E-state index in [2.05, 4.69) is 5.32 Å². The van der Waals surface area contributed by atoms with Crippen molar-refractivity contribution in [1.29, 1.82) is 0 Å². The van der Waals surface area contributed by atoms with E-state index in [0.717, 1.165) is 0 Å². The number of halogens is 1. The van der Waals surface area contributed by atoms with Crippen LogP contribution in [0.3, 0.4) is 0 Å². The largest absolute Gasteiger partial charge is 0.350 e. The second-order valence-corrected chi connectivity index (χ2v) is 8.66. The van der Waals surface area contributed by atoms with E-state index < -0.39 is 26.8 Å². The summed E-state index contributed by atoms with van der Waals surface area (Å²) in [5, 5.41) is 3.39. The molecule has 0 radical (unpaired) electrons. The maximum Gasteiger partial charge on any atom is 0.254 e. The van der Waals surface area contributed by atoms with Gasteiger partial charge in [0.1, 0.15) is 11.1 Å². The monoisotopic (exact) mass is 389 g/mol. The van der Waals surface area contributed by atoms with Crippen LogP contribution in [-0.2, 0) is 9.84 Å². The Labute approximate surface area is 155 Å². The predicted octanol–water partition coefficient (Wildman–Crippen LogP) is 3.83. The fourth-order valence-electron chi connectivity index (χ4n) is 2.54. The number of carbonyl (C=O) groups excluding carboxylic acids is 1. The molecule has 0 aliphatic rings. The first-order chi connectivity index (χ1) is 12.5. The molecule has 134 valence electrons. The Morgan fingerprint density at radius 1 is 1.00 bits per heavy atom. The average molecular weight is 389 g/mol. The number of hydrogen-bond donors (Lipinski definition) is 1. The lowest BCUT2D eigenvalue weighted by molar-refractivity contribution is 0.0949. The summed E-state index contributed by atoms with van der Waals surface area (Å²) >= 11 is 1.30. The van der Waals surface area contributed by atoms with Gasteiger partial charge in [0.2, 0.25) is 0 Å². The molecule has 3 aromatic rings. The van der Waals surface area contributed by atoms with E-state index in [1.807, 2.05) is 0 Å². The molecular formula is C19H16FNO3S2. The Hall–Kier alpha value is -2.51. The number of nitrogens with one attached hydrogen (secondary N) is 1. The van der Waals surface area contributed by atoms with Gasteiger partial charge < -0.3 is 5.32 Å². The fourth-order valence-corrected chi connectivity index (χ4v) is 5.34. The molecule has 0 saturated carbocycles. The lowest BCUT2D eigenvalue weighted by Crippen LogP contribution is -2.32. The second kappa shape index (κ2) is 7.80. The van der Waals surface area contributed by atoms with E-state index in [0.29, 0.717) is 4.88 Å². The first-order valence-electron chi connectivity index (χ1n) is 7.85. The van der Waals surface area contributed by atoms with Gasteiger partial charge in [0.15, 0.2) is 9.84 Å². The summed E-state index contributed by atoms with van der Waals surface area (Å²) in [6.07, 6.45) is 0. The molecule has 7 heteroatoms. The molecule has 0 saturated heterocycles. The minimum absolute atomic E-state index is 0.116. The summed E-state index contributed by atoms with van der Waals surface area (Å²) in [7, 11) is -3.71. The molecule has 3 rings (SSSR count). The van der Waals surface area contributed by atoms with Crippen molar-refractivity contribution in [3.63, 3.8) is 0 Å². The highest BCUT2D eigenvalue weighted by atomic mass is 32.2. The van der Waals surface area contributed by atoms with Gasteiger partial charge in [-0.25, -0.2) is 12.8 Å². The summed E-state index contributed by atoms with van der Waals surface area (Å²) in [5.41, 5.74) is -0.116. The van der Waals surface area contributed by atoms with Crippen molar-refractivity contribution in [3.8, 4) is 0 Å². The van der Waals surface area contributed by atoms with Gasteiger partial charge in [-0.05, 0) is 35.7 Å². The Morgan fingerprint density at radius 2 is 1.69 bits per heavy atom. The smallest absolute Gasteiger partial charge is 0.254 e. The highest BCUT2D eigenvalue weighted by Gasteiger charge is 2.30. The van der Waals surface area contributed by atoms with Crippen molar-refractivity contribution >= 4 is 27.1 Å². The predicted molar refractivity (Wildman–Crippen MR) is 99.4 cm³/mol. The van der Waals surface area contributed by atoms with Crippen molar-refractivity contribution in [3.05, 3.63) is 88.4 Å². The van der Waals surface area contributed by atoms with Gasteiger partial charge in [-0.3, -0.25) is 4.79 Å². The molecule has 0 aliphatic heterocycles. The first kappa shape index (κ1) is 18.3. The van der Waals surface area contributed by atoms with E-state index in [-0.39, 0.29) is 17.0 Å². The van der Waals surface area contributed by atoms with E-state index in [4.69, 9.17) is 0 Å². The molecule has 1 atom stereocenters. The van der Waals surface area contributed by atoms with Crippen molar-refractivity contribution in [2.24, 2.45) is 0 Å². The van der Waals surface area contributed by atoms with E-state index in [9.17, 15) is 17.6 Å². The zero-order valence-corrected chi connectivity index (χ0v) is 15.3. The summed E-state index contributed by atoms with van der Waals surface area (Å²) in [6, 6.07) is 17.1. The molecule has 1 heterocycles. The van der Waals surface area contributed by atoms with Crippen molar-refractivity contribution in [2.75, 3.05) is 6.54 Å². The van der Waals surface area contributed by atoms with Gasteiger partial charge in [0, 0.05) is 11.4 Å². The number of benzene rings is 2. The van der Waals surface area contributed by atoms with Crippen molar-refractivity contribution in [1.82, 2.24) is 5.32 Å². The van der Waals surface area contributed by atoms with E-state index in [1.165, 1.54) is 41.7 Å². The maximum atomic E-state index is 13.8. The number of thiophene rings is 1. The van der Waals surface area contributed by atoms with Crippen LogP contribution in [0, 0.1) is 5.82 Å². The zero-order chi connectivity index (χ0) is 18.6. The highest BCUT2D eigenvalue weighted by molar-refractivity contribution is 7.91. The topological polar surface area (TPSA) is 63.2 Å². The third-order valence-corrected chi connectivity index (χ3v) is 7.11. The van der Waals surface area contributed by atoms with E-state index >= 15 is 0 Å². The Kier molecular flexibility index (Phi) is 5.49. The van der Waals surface area contributed by atoms with Crippen LogP contribution in [0.5, 0.6) is 0 Å². The normalized spacial score (nSPS) is 12.5. The minimum Gasteiger partial charge on any atom is -0.350 e. The number of hydrogen-bond acceptors (Lipinski definition) is 4. The van der Waals surface area contributed by atoms with Crippen LogP contribution in [0.4, 0.5) is 4.39 Å². The molecule has 1 aromatic heterocycles. The molecule has 0 unspecified atom stereocenters. The SMILES string of the molecule is O=C(NC[C@H](c1cccs1)S(=O)(=O)c1ccccc1)c1ccccc1F. The van der Waals surface area contributed by atoms with Crippen LogP contribution in [0.25, 0.3) is 0 Å². The summed E-state index contributed by atoms with van der Waals surface area (Å²) < 4.78 is 39.8. The molecule has 0 aliphatic carbocycles. The minimum atomic E-state index is -3.71. The number of sulfone groups is 1. The number of rotatable bonds is 6. The summed E-state index contributed by atoms with van der Waals surface area (Å²) in [4.78, 5) is 13.1. The van der Waals surface area contributed by atoms with Crippen LogP contribution in [0.15, 0.2) is 77.0 Å². The molecule has 1 amide bonds. The Balaban J connectivity index is 1.87. The standard InChI is InChI=1S/C19H16FNO3S2/c20-16-10-5-4-9-15(16)19(22)21-13-18(17-11-6-12-25-17)26(23,24)14-7-2-1-3-8-14/h1-12,18H,13H2,(H,21,22)/t18-/m1/s1. The van der Waals surface area contributed by atoms with Gasteiger partial charge in [0.05, 0.1) is 10.5 Å². The second-order valence-electron chi connectivity index (χ2n) is 5.55. The molecule has 1 N–H and O–H groups in total. The van der Waals surface area contributed by atoms with Crippen molar-refractivity contribution < 1.29 is 17.6 Å². The zero-order valence-electron chi connectivity index (χ0n) is 13.6. The summed E-state index contributed by atoms with van der Waals surface area (Å²) in [6.45, 7) is -0.148.